The minimum Gasteiger partial charge on any atom is -0.490 e. The number of nitrogens with one attached hydrogen (secondary N) is 1. The Labute approximate surface area is 168 Å². The number of para-hydroxylation sites is 2. The van der Waals surface area contributed by atoms with E-state index >= 15 is 0 Å². The number of amidine groups is 1. The quantitative estimate of drug-likeness (QED) is 0.778. The number of fused-ring (bicyclic) bond motifs is 2. The maximum Gasteiger partial charge on any atom is 0.230 e. The van der Waals surface area contributed by atoms with Gasteiger partial charge in [-0.25, -0.2) is 4.98 Å². The summed E-state index contributed by atoms with van der Waals surface area (Å²) in [6.07, 6.45) is 8.24. The Morgan fingerprint density at radius 2 is 1.75 bits per heavy atom. The molecule has 1 N–H and O–H groups in total. The number of pyridine rings is 1. The smallest absolute Gasteiger partial charge is 0.230 e. The number of aromatic nitrogens is 1. The van der Waals surface area contributed by atoms with Gasteiger partial charge in [-0.15, -0.1) is 0 Å². The molecule has 0 saturated heterocycles. The molecule has 0 atom stereocenters. The van der Waals surface area contributed by atoms with Gasteiger partial charge in [-0.2, -0.15) is 0 Å². The molecule has 1 aliphatic rings. The Morgan fingerprint density at radius 3 is 2.57 bits per heavy atom. The van der Waals surface area contributed by atoms with E-state index in [2.05, 4.69) is 24.1 Å². The lowest BCUT2D eigenvalue weighted by atomic mass is 10.1. The summed E-state index contributed by atoms with van der Waals surface area (Å²) in [4.78, 5) is 9.40. The first kappa shape index (κ1) is 20.2. The third-order valence-electron chi connectivity index (χ3n) is 4.99. The summed E-state index contributed by atoms with van der Waals surface area (Å²) in [5.41, 5.74) is 0.890. The van der Waals surface area contributed by atoms with Gasteiger partial charge in [0.1, 0.15) is 5.84 Å². The summed E-state index contributed by atoms with van der Waals surface area (Å²) < 4.78 is 12.2. The molecule has 0 aliphatic carbocycles. The summed E-state index contributed by atoms with van der Waals surface area (Å²) in [6, 6.07) is 12.1. The third-order valence-corrected chi connectivity index (χ3v) is 4.99. The minimum atomic E-state index is 0.376. The normalized spacial score (nSPS) is 15.3. The van der Waals surface area contributed by atoms with Crippen molar-refractivity contribution in [2.75, 3.05) is 13.2 Å². The highest BCUT2D eigenvalue weighted by molar-refractivity contribution is 6.01. The fraction of sp³-hybridized carbons (Fsp3) is 0.478. The number of hydrogen-bond donors (Lipinski definition) is 1. The number of rotatable bonds is 3. The third kappa shape index (κ3) is 5.47. The molecule has 1 aromatic heterocycles. The Balaban J connectivity index is 1.97. The van der Waals surface area contributed by atoms with Crippen molar-refractivity contribution in [2.45, 2.75) is 58.4 Å². The molecule has 0 saturated carbocycles. The number of ether oxygens (including phenoxy) is 2. The van der Waals surface area contributed by atoms with Crippen molar-refractivity contribution >= 4 is 5.84 Å². The van der Waals surface area contributed by atoms with Crippen LogP contribution in [0.1, 0.15) is 57.9 Å². The van der Waals surface area contributed by atoms with E-state index in [1.807, 2.05) is 36.4 Å². The highest BCUT2D eigenvalue weighted by atomic mass is 16.5. The Hall–Kier alpha value is -2.56. The second kappa shape index (κ2) is 10.7. The summed E-state index contributed by atoms with van der Waals surface area (Å²) in [5, 5.41) is 3.61. The zero-order valence-corrected chi connectivity index (χ0v) is 17.0. The largest absolute Gasteiger partial charge is 0.490 e. The molecule has 5 nitrogen and oxygen atoms in total. The molecule has 1 aliphatic heterocycles. The minimum absolute atomic E-state index is 0.376. The molecule has 5 heteroatoms. The number of nitrogens with zero attached hydrogens (tertiary/aromatic N) is 2. The summed E-state index contributed by atoms with van der Waals surface area (Å²) in [7, 11) is 0. The van der Waals surface area contributed by atoms with Gasteiger partial charge in [0.15, 0.2) is 11.5 Å². The van der Waals surface area contributed by atoms with E-state index in [0.29, 0.717) is 24.3 Å². The van der Waals surface area contributed by atoms with Gasteiger partial charge in [0.05, 0.1) is 12.2 Å². The van der Waals surface area contributed by atoms with Crippen LogP contribution in [0.2, 0.25) is 0 Å². The van der Waals surface area contributed by atoms with Crippen LogP contribution < -0.4 is 14.8 Å². The topological polar surface area (TPSA) is 55.7 Å². The molecular formula is C23H31N3O2. The monoisotopic (exact) mass is 381 g/mol. The molecule has 1 aromatic carbocycles. The molecular weight excluding hydrogens is 350 g/mol. The fourth-order valence-corrected chi connectivity index (χ4v) is 3.25. The summed E-state index contributed by atoms with van der Waals surface area (Å²) in [6.45, 7) is 5.88. The maximum atomic E-state index is 6.21. The van der Waals surface area contributed by atoms with Crippen LogP contribution in [0, 0.1) is 0 Å². The molecule has 2 heterocycles. The predicted octanol–water partition coefficient (Wildman–Crippen LogP) is 5.35. The van der Waals surface area contributed by atoms with E-state index in [1.165, 1.54) is 0 Å². The average molecular weight is 382 g/mol. The average Bonchev–Trinajstić information content (AvgIpc) is 2.73. The van der Waals surface area contributed by atoms with Crippen molar-refractivity contribution in [1.82, 2.24) is 10.3 Å². The van der Waals surface area contributed by atoms with Gasteiger partial charge >= 0.3 is 0 Å². The van der Waals surface area contributed by atoms with E-state index in [1.54, 1.807) is 6.20 Å². The van der Waals surface area contributed by atoms with Gasteiger partial charge in [0.25, 0.3) is 0 Å². The van der Waals surface area contributed by atoms with Crippen molar-refractivity contribution in [2.24, 2.45) is 4.99 Å². The zero-order valence-electron chi connectivity index (χ0n) is 17.0. The van der Waals surface area contributed by atoms with Crippen LogP contribution in [0.4, 0.5) is 0 Å². The first-order valence-corrected chi connectivity index (χ1v) is 10.5. The van der Waals surface area contributed by atoms with Crippen LogP contribution in [0.15, 0.2) is 47.6 Å². The lowest BCUT2D eigenvalue weighted by Crippen LogP contribution is -2.35. The van der Waals surface area contributed by atoms with Crippen LogP contribution >= 0.6 is 0 Å². The van der Waals surface area contributed by atoms with Crippen LogP contribution in [-0.4, -0.2) is 30.0 Å². The Bertz CT molecular complexity index is 772. The van der Waals surface area contributed by atoms with Gasteiger partial charge in [0, 0.05) is 18.8 Å². The van der Waals surface area contributed by atoms with Gasteiger partial charge in [-0.3, -0.25) is 4.99 Å². The first-order chi connectivity index (χ1) is 13.8. The molecule has 0 fully saturated rings. The lowest BCUT2D eigenvalue weighted by molar-refractivity contribution is 0.290. The SMILES string of the molecule is CCC(CC)NC1=NCCCCCCOc2ccccc2Oc2ncccc21. The van der Waals surface area contributed by atoms with E-state index < -0.39 is 0 Å². The van der Waals surface area contributed by atoms with Crippen molar-refractivity contribution in [3.8, 4) is 17.4 Å². The van der Waals surface area contributed by atoms with Crippen molar-refractivity contribution in [1.29, 1.82) is 0 Å². The van der Waals surface area contributed by atoms with Crippen molar-refractivity contribution in [3.05, 3.63) is 48.2 Å². The molecule has 0 radical (unpaired) electrons. The van der Waals surface area contributed by atoms with Crippen molar-refractivity contribution in [3.63, 3.8) is 0 Å². The van der Waals surface area contributed by atoms with Crippen LogP contribution in [0.25, 0.3) is 0 Å². The fourth-order valence-electron chi connectivity index (χ4n) is 3.25. The zero-order chi connectivity index (χ0) is 19.6. The molecule has 3 rings (SSSR count). The molecule has 0 unspecified atom stereocenters. The van der Waals surface area contributed by atoms with Gasteiger partial charge in [-0.1, -0.05) is 32.4 Å². The Morgan fingerprint density at radius 1 is 0.964 bits per heavy atom. The van der Waals surface area contributed by atoms with E-state index in [9.17, 15) is 0 Å². The van der Waals surface area contributed by atoms with Gasteiger partial charge in [0.2, 0.25) is 5.88 Å². The Kier molecular flexibility index (Phi) is 7.71. The second-order valence-electron chi connectivity index (χ2n) is 7.06. The highest BCUT2D eigenvalue weighted by Gasteiger charge is 2.17. The number of aliphatic imine (C=N–C) groups is 1. The molecule has 150 valence electrons. The van der Waals surface area contributed by atoms with Crippen molar-refractivity contribution < 1.29 is 9.47 Å². The van der Waals surface area contributed by atoms with Crippen LogP contribution in [0.5, 0.6) is 17.4 Å². The van der Waals surface area contributed by atoms with Gasteiger partial charge in [-0.05, 0) is 56.4 Å². The maximum absolute atomic E-state index is 6.21. The molecule has 28 heavy (non-hydrogen) atoms. The van der Waals surface area contributed by atoms with E-state index in [4.69, 9.17) is 14.5 Å². The molecule has 2 aromatic rings. The second-order valence-corrected chi connectivity index (χ2v) is 7.06. The first-order valence-electron chi connectivity index (χ1n) is 10.5. The number of hydrogen-bond acceptors (Lipinski definition) is 5. The summed E-state index contributed by atoms with van der Waals surface area (Å²) >= 11 is 0. The molecule has 0 bridgehead atoms. The predicted molar refractivity (Wildman–Crippen MR) is 114 cm³/mol. The highest BCUT2D eigenvalue weighted by Crippen LogP contribution is 2.32. The van der Waals surface area contributed by atoms with E-state index in [-0.39, 0.29) is 0 Å². The summed E-state index contributed by atoms with van der Waals surface area (Å²) in [5.74, 6) is 2.85. The lowest BCUT2D eigenvalue weighted by Gasteiger charge is -2.20. The standard InChI is InChI=1S/C23H31N3O2/c1-3-18(4-2)26-22-19-12-11-16-25-23(19)28-21-14-8-7-13-20(21)27-17-10-6-5-9-15-24-22/h7-8,11-14,16,18H,3-6,9-10,15,17H2,1-2H3,(H,24,26). The van der Waals surface area contributed by atoms with Crippen LogP contribution in [0.3, 0.4) is 0 Å². The van der Waals surface area contributed by atoms with Gasteiger partial charge < -0.3 is 14.8 Å². The molecule has 0 amide bonds. The number of benzene rings is 1. The van der Waals surface area contributed by atoms with Crippen LogP contribution in [-0.2, 0) is 0 Å². The molecule has 0 spiro atoms. The van der Waals surface area contributed by atoms with E-state index in [0.717, 1.165) is 62.2 Å².